The number of benzene rings is 1. The summed E-state index contributed by atoms with van der Waals surface area (Å²) in [5.41, 5.74) is 7.59. The molecule has 68 valence electrons. The van der Waals surface area contributed by atoms with Crippen molar-refractivity contribution >= 4 is 22.6 Å². The summed E-state index contributed by atoms with van der Waals surface area (Å²) in [6.07, 6.45) is 0. The van der Waals surface area contributed by atoms with Crippen molar-refractivity contribution in [3.63, 3.8) is 0 Å². The lowest BCUT2D eigenvalue weighted by atomic mass is 10.2. The van der Waals surface area contributed by atoms with E-state index in [2.05, 4.69) is 5.32 Å². The molecule has 1 aromatic rings. The first kappa shape index (κ1) is 8.59. The van der Waals surface area contributed by atoms with E-state index in [4.69, 9.17) is 5.73 Å². The molecule has 0 fully saturated rings. The first-order valence-electron chi connectivity index (χ1n) is 4.07. The second kappa shape index (κ2) is 3.40. The van der Waals surface area contributed by atoms with E-state index in [9.17, 15) is 4.79 Å². The van der Waals surface area contributed by atoms with E-state index in [-0.39, 0.29) is 5.12 Å². The van der Waals surface area contributed by atoms with Crippen LogP contribution < -0.4 is 11.1 Å². The zero-order valence-electron chi connectivity index (χ0n) is 7.04. The van der Waals surface area contributed by atoms with Crippen molar-refractivity contribution in [2.75, 3.05) is 11.9 Å². The third-order valence-electron chi connectivity index (χ3n) is 1.93. The number of hydrogen-bond donors (Lipinski definition) is 2. The molecule has 0 bridgehead atoms. The zero-order chi connectivity index (χ0) is 9.26. The van der Waals surface area contributed by atoms with Gasteiger partial charge in [-0.25, -0.2) is 0 Å². The van der Waals surface area contributed by atoms with Crippen LogP contribution in [-0.2, 0) is 11.3 Å². The van der Waals surface area contributed by atoms with Gasteiger partial charge in [-0.1, -0.05) is 6.07 Å². The number of carbonyl (C=O) groups excluding carboxylic acids is 1. The monoisotopic (exact) mass is 194 g/mol. The van der Waals surface area contributed by atoms with Crippen molar-refractivity contribution in [1.29, 1.82) is 0 Å². The minimum atomic E-state index is 0.154. The van der Waals surface area contributed by atoms with Crippen molar-refractivity contribution in [3.8, 4) is 0 Å². The maximum absolute atomic E-state index is 11.1. The summed E-state index contributed by atoms with van der Waals surface area (Å²) >= 11 is 1.28. The van der Waals surface area contributed by atoms with Crippen molar-refractivity contribution in [3.05, 3.63) is 23.8 Å². The minimum Gasteiger partial charge on any atom is -0.376 e. The molecule has 3 nitrogen and oxygen atoms in total. The van der Waals surface area contributed by atoms with E-state index < -0.39 is 0 Å². The highest BCUT2D eigenvalue weighted by Gasteiger charge is 2.15. The normalized spacial score (nSPS) is 15.0. The quantitative estimate of drug-likeness (QED) is 0.705. The number of nitrogens with one attached hydrogen (secondary N) is 1. The average molecular weight is 194 g/mol. The Bertz CT molecular complexity index is 351. The molecule has 0 saturated carbocycles. The summed E-state index contributed by atoms with van der Waals surface area (Å²) in [6.45, 7) is 0.932. The van der Waals surface area contributed by atoms with Crippen LogP contribution in [-0.4, -0.2) is 11.7 Å². The fourth-order valence-corrected chi connectivity index (χ4v) is 2.10. The molecule has 13 heavy (non-hydrogen) atoms. The number of hydrogen-bond acceptors (Lipinski definition) is 4. The van der Waals surface area contributed by atoms with Crippen molar-refractivity contribution in [1.82, 2.24) is 0 Å². The Balaban J connectivity index is 2.38. The smallest absolute Gasteiger partial charge is 0.212 e. The van der Waals surface area contributed by atoms with Crippen LogP contribution in [0.2, 0.25) is 0 Å². The van der Waals surface area contributed by atoms with Crippen LogP contribution in [0.25, 0.3) is 0 Å². The number of thioether (sulfide) groups is 1. The fourth-order valence-electron chi connectivity index (χ4n) is 1.25. The lowest BCUT2D eigenvalue weighted by molar-refractivity contribution is -0.109. The number of rotatable bonds is 1. The molecule has 4 heteroatoms. The molecule has 2 rings (SSSR count). The molecule has 0 amide bonds. The summed E-state index contributed by atoms with van der Waals surface area (Å²) in [4.78, 5) is 12.1. The molecule has 0 unspecified atom stereocenters. The van der Waals surface area contributed by atoms with Gasteiger partial charge in [0.1, 0.15) is 0 Å². The molecule has 1 aliphatic rings. The lowest BCUT2D eigenvalue weighted by Gasteiger charge is -2.16. The third kappa shape index (κ3) is 1.68. The molecule has 1 aromatic carbocycles. The number of carbonyl (C=O) groups is 1. The van der Waals surface area contributed by atoms with E-state index in [0.717, 1.165) is 16.1 Å². The molecular formula is C9H10N2OS. The summed E-state index contributed by atoms with van der Waals surface area (Å²) in [7, 11) is 0. The van der Waals surface area contributed by atoms with Crippen molar-refractivity contribution in [2.45, 2.75) is 11.4 Å². The van der Waals surface area contributed by atoms with E-state index in [1.807, 2.05) is 18.2 Å². The topological polar surface area (TPSA) is 55.1 Å². The Morgan fingerprint density at radius 1 is 1.54 bits per heavy atom. The molecule has 0 aromatic heterocycles. The molecular weight excluding hydrogens is 184 g/mol. The Kier molecular flexibility index (Phi) is 2.24. The molecule has 3 N–H and O–H groups in total. The highest BCUT2D eigenvalue weighted by atomic mass is 32.2. The summed E-state index contributed by atoms with van der Waals surface area (Å²) < 4.78 is 0. The van der Waals surface area contributed by atoms with Crippen LogP contribution >= 0.6 is 11.8 Å². The summed E-state index contributed by atoms with van der Waals surface area (Å²) in [6, 6.07) is 5.91. The lowest BCUT2D eigenvalue weighted by Crippen LogP contribution is -2.16. The largest absolute Gasteiger partial charge is 0.376 e. The second-order valence-electron chi connectivity index (χ2n) is 2.86. The first-order valence-corrected chi connectivity index (χ1v) is 4.89. The molecule has 0 radical (unpaired) electrons. The maximum atomic E-state index is 11.1. The molecule has 0 aliphatic carbocycles. The average Bonchev–Trinajstić information content (AvgIpc) is 2.16. The Morgan fingerprint density at radius 2 is 2.38 bits per heavy atom. The standard InChI is InChI=1S/C9H10N2OS/c10-4-6-1-2-7-8(3-6)13-9(12)5-11-7/h1-3,11H,4-5,10H2. The molecule has 0 saturated heterocycles. The van der Waals surface area contributed by atoms with Gasteiger partial charge in [-0.15, -0.1) is 0 Å². The van der Waals surface area contributed by atoms with Crippen LogP contribution in [0.5, 0.6) is 0 Å². The van der Waals surface area contributed by atoms with Gasteiger partial charge in [0.05, 0.1) is 6.54 Å². The van der Waals surface area contributed by atoms with Gasteiger partial charge < -0.3 is 11.1 Å². The number of fused-ring (bicyclic) bond motifs is 1. The third-order valence-corrected chi connectivity index (χ3v) is 2.86. The van der Waals surface area contributed by atoms with Crippen LogP contribution in [0, 0.1) is 0 Å². The highest BCUT2D eigenvalue weighted by molar-refractivity contribution is 8.14. The molecule has 1 aliphatic heterocycles. The van der Waals surface area contributed by atoms with E-state index in [1.165, 1.54) is 11.8 Å². The van der Waals surface area contributed by atoms with E-state index in [0.29, 0.717) is 13.1 Å². The van der Waals surface area contributed by atoms with Crippen molar-refractivity contribution < 1.29 is 4.79 Å². The maximum Gasteiger partial charge on any atom is 0.212 e. The molecule has 1 heterocycles. The van der Waals surface area contributed by atoms with Gasteiger partial charge >= 0.3 is 0 Å². The first-order chi connectivity index (χ1) is 6.29. The van der Waals surface area contributed by atoms with Gasteiger partial charge in [0.15, 0.2) is 0 Å². The van der Waals surface area contributed by atoms with Crippen molar-refractivity contribution in [2.24, 2.45) is 5.73 Å². The number of anilines is 1. The summed E-state index contributed by atoms with van der Waals surface area (Å²) in [5.74, 6) is 0. The van der Waals surface area contributed by atoms with E-state index >= 15 is 0 Å². The van der Waals surface area contributed by atoms with Gasteiger partial charge in [-0.05, 0) is 29.5 Å². The van der Waals surface area contributed by atoms with Gasteiger partial charge in [0.25, 0.3) is 0 Å². The predicted octanol–water partition coefficient (Wildman–Crippen LogP) is 1.19. The van der Waals surface area contributed by atoms with Gasteiger partial charge in [0.2, 0.25) is 5.12 Å². The van der Waals surface area contributed by atoms with Gasteiger partial charge in [-0.2, -0.15) is 0 Å². The predicted molar refractivity (Wildman–Crippen MR) is 53.7 cm³/mol. The zero-order valence-corrected chi connectivity index (χ0v) is 7.86. The molecule has 0 atom stereocenters. The van der Waals surface area contributed by atoms with Crippen LogP contribution in [0.3, 0.4) is 0 Å². The Hall–Kier alpha value is -1.00. The number of nitrogens with two attached hydrogens (primary N) is 1. The second-order valence-corrected chi connectivity index (χ2v) is 3.96. The Labute approximate surface area is 80.7 Å². The fraction of sp³-hybridized carbons (Fsp3) is 0.222. The van der Waals surface area contributed by atoms with Gasteiger partial charge in [0, 0.05) is 17.1 Å². The van der Waals surface area contributed by atoms with Crippen LogP contribution in [0.1, 0.15) is 5.56 Å². The highest BCUT2D eigenvalue weighted by Crippen LogP contribution is 2.32. The molecule has 0 spiro atoms. The van der Waals surface area contributed by atoms with Gasteiger partial charge in [-0.3, -0.25) is 4.79 Å². The van der Waals surface area contributed by atoms with Crippen LogP contribution in [0.4, 0.5) is 5.69 Å². The SMILES string of the molecule is NCc1ccc2c(c1)SC(=O)CN2. The minimum absolute atomic E-state index is 0.154. The summed E-state index contributed by atoms with van der Waals surface area (Å²) in [5, 5.41) is 3.21. The van der Waals surface area contributed by atoms with Crippen LogP contribution in [0.15, 0.2) is 23.1 Å². The Morgan fingerprint density at radius 3 is 3.15 bits per heavy atom. The van der Waals surface area contributed by atoms with E-state index in [1.54, 1.807) is 0 Å².